The molecule has 19 heavy (non-hydrogen) atoms. The average molecular weight is 308 g/mol. The first-order chi connectivity index (χ1) is 8.73. The topological polar surface area (TPSA) is 106 Å². The maximum atomic E-state index is 12.0. The molecule has 0 bridgehead atoms. The van der Waals surface area contributed by atoms with Crippen LogP contribution in [0.4, 0.5) is 0 Å². The first kappa shape index (κ1) is 16.0. The number of esters is 1. The number of carbonyl (C=O) groups is 1. The number of sulfonamides is 1. The Morgan fingerprint density at radius 2 is 2.26 bits per heavy atom. The van der Waals surface area contributed by atoms with Crippen LogP contribution >= 0.6 is 11.3 Å². The van der Waals surface area contributed by atoms with Gasteiger partial charge in [-0.05, 0) is 13.3 Å². The summed E-state index contributed by atoms with van der Waals surface area (Å²) in [6.07, 6.45) is 0.391. The van der Waals surface area contributed by atoms with E-state index < -0.39 is 21.6 Å². The maximum absolute atomic E-state index is 12.0. The van der Waals surface area contributed by atoms with Crippen LogP contribution < -0.4 is 4.72 Å². The number of methoxy groups -OCH3 is 1. The SMILES string of the molecule is CCC(C)(O)CNS(=O)(=O)c1scnc1C(=O)OC. The minimum atomic E-state index is -3.90. The van der Waals surface area contributed by atoms with E-state index in [0.29, 0.717) is 6.42 Å². The Labute approximate surface area is 115 Å². The van der Waals surface area contributed by atoms with Gasteiger partial charge in [0, 0.05) is 6.54 Å². The van der Waals surface area contributed by atoms with Crippen molar-refractivity contribution in [2.45, 2.75) is 30.1 Å². The summed E-state index contributed by atoms with van der Waals surface area (Å²) in [5.41, 5.74) is -0.154. The number of aliphatic hydroxyl groups is 1. The van der Waals surface area contributed by atoms with E-state index in [-0.39, 0.29) is 16.4 Å². The second-order valence-electron chi connectivity index (χ2n) is 4.16. The lowest BCUT2D eigenvalue weighted by atomic mass is 10.1. The lowest BCUT2D eigenvalue weighted by molar-refractivity contribution is 0.0590. The smallest absolute Gasteiger partial charge is 0.358 e. The number of carbonyl (C=O) groups excluding carboxylic acids is 1. The number of rotatable bonds is 6. The maximum Gasteiger partial charge on any atom is 0.358 e. The molecule has 1 aromatic heterocycles. The molecule has 0 radical (unpaired) electrons. The van der Waals surface area contributed by atoms with Crippen molar-refractivity contribution in [1.82, 2.24) is 9.71 Å². The standard InChI is InChI=1S/C10H16N2O5S2/c1-4-10(2,14)5-12-19(15,16)9-7(8(13)17-3)11-6-18-9/h6,12,14H,4-5H2,1-3H3. The highest BCUT2D eigenvalue weighted by Crippen LogP contribution is 2.21. The summed E-state index contributed by atoms with van der Waals surface area (Å²) in [4.78, 5) is 15.1. The summed E-state index contributed by atoms with van der Waals surface area (Å²) < 4.78 is 30.6. The van der Waals surface area contributed by atoms with E-state index in [1.807, 2.05) is 0 Å². The third-order valence-electron chi connectivity index (χ3n) is 2.56. The van der Waals surface area contributed by atoms with Gasteiger partial charge in [-0.2, -0.15) is 0 Å². The largest absolute Gasteiger partial charge is 0.464 e. The lowest BCUT2D eigenvalue weighted by Crippen LogP contribution is -2.40. The van der Waals surface area contributed by atoms with Crippen LogP contribution in [0.2, 0.25) is 0 Å². The van der Waals surface area contributed by atoms with Gasteiger partial charge in [-0.25, -0.2) is 22.9 Å². The summed E-state index contributed by atoms with van der Waals surface area (Å²) >= 11 is 0.814. The summed E-state index contributed by atoms with van der Waals surface area (Å²) in [6, 6.07) is 0. The number of hydrogen-bond donors (Lipinski definition) is 2. The Balaban J connectivity index is 2.96. The van der Waals surface area contributed by atoms with Crippen molar-refractivity contribution in [3.63, 3.8) is 0 Å². The molecule has 108 valence electrons. The fourth-order valence-electron chi connectivity index (χ4n) is 1.10. The van der Waals surface area contributed by atoms with E-state index in [2.05, 4.69) is 14.4 Å². The van der Waals surface area contributed by atoms with Gasteiger partial charge in [0.25, 0.3) is 10.0 Å². The summed E-state index contributed by atoms with van der Waals surface area (Å²) in [7, 11) is -2.75. The lowest BCUT2D eigenvalue weighted by Gasteiger charge is -2.21. The molecule has 0 saturated heterocycles. The molecule has 0 aliphatic carbocycles. The first-order valence-corrected chi connectivity index (χ1v) is 7.83. The van der Waals surface area contributed by atoms with Crippen LogP contribution in [0.5, 0.6) is 0 Å². The van der Waals surface area contributed by atoms with Crippen molar-refractivity contribution in [3.8, 4) is 0 Å². The van der Waals surface area contributed by atoms with E-state index in [4.69, 9.17) is 0 Å². The minimum Gasteiger partial charge on any atom is -0.464 e. The van der Waals surface area contributed by atoms with Gasteiger partial charge in [0.2, 0.25) is 0 Å². The Morgan fingerprint density at radius 1 is 1.63 bits per heavy atom. The number of ether oxygens (including phenoxy) is 1. The second kappa shape index (κ2) is 5.95. The van der Waals surface area contributed by atoms with Crippen LogP contribution in [0.15, 0.2) is 9.72 Å². The average Bonchev–Trinajstić information content (AvgIpc) is 2.86. The third kappa shape index (κ3) is 3.96. The summed E-state index contributed by atoms with van der Waals surface area (Å²) in [5.74, 6) is -0.816. The fourth-order valence-corrected chi connectivity index (χ4v) is 3.44. The van der Waals surface area contributed by atoms with Gasteiger partial charge >= 0.3 is 5.97 Å². The number of nitrogens with zero attached hydrogens (tertiary/aromatic N) is 1. The second-order valence-corrected chi connectivity index (χ2v) is 6.97. The van der Waals surface area contributed by atoms with Crippen molar-refractivity contribution >= 4 is 27.3 Å². The molecule has 0 spiro atoms. The normalized spacial score (nSPS) is 14.9. The van der Waals surface area contributed by atoms with Gasteiger partial charge in [0.1, 0.15) is 0 Å². The van der Waals surface area contributed by atoms with Crippen molar-refractivity contribution in [3.05, 3.63) is 11.2 Å². The zero-order valence-corrected chi connectivity index (χ0v) is 12.5. The number of aromatic nitrogens is 1. The Kier molecular flexibility index (Phi) is 5.02. The van der Waals surface area contributed by atoms with E-state index in [1.165, 1.54) is 12.4 Å². The molecule has 1 rings (SSSR count). The fraction of sp³-hybridized carbons (Fsp3) is 0.600. The number of nitrogens with one attached hydrogen (secondary N) is 1. The molecular formula is C10H16N2O5S2. The first-order valence-electron chi connectivity index (χ1n) is 5.47. The van der Waals surface area contributed by atoms with Crippen LogP contribution in [0.25, 0.3) is 0 Å². The highest BCUT2D eigenvalue weighted by Gasteiger charge is 2.28. The zero-order chi connectivity index (χ0) is 14.7. The molecule has 0 aromatic carbocycles. The van der Waals surface area contributed by atoms with Crippen LogP contribution in [0.1, 0.15) is 30.8 Å². The van der Waals surface area contributed by atoms with Crippen molar-refractivity contribution < 1.29 is 23.1 Å². The van der Waals surface area contributed by atoms with Gasteiger partial charge in [0.05, 0.1) is 18.2 Å². The summed E-state index contributed by atoms with van der Waals surface area (Å²) in [6.45, 7) is 3.11. The van der Waals surface area contributed by atoms with Crippen molar-refractivity contribution in [2.75, 3.05) is 13.7 Å². The quantitative estimate of drug-likeness (QED) is 0.736. The predicted octanol–water partition coefficient (Wildman–Crippen LogP) is 0.369. The van der Waals surface area contributed by atoms with Gasteiger partial charge in [-0.15, -0.1) is 11.3 Å². The van der Waals surface area contributed by atoms with Crippen molar-refractivity contribution in [1.29, 1.82) is 0 Å². The molecule has 9 heteroatoms. The van der Waals surface area contributed by atoms with Crippen LogP contribution in [-0.4, -0.2) is 43.7 Å². The molecule has 1 heterocycles. The molecule has 1 aromatic rings. The van der Waals surface area contributed by atoms with E-state index in [9.17, 15) is 18.3 Å². The third-order valence-corrected chi connectivity index (χ3v) is 5.33. The Bertz CT molecular complexity index is 550. The van der Waals surface area contributed by atoms with Gasteiger partial charge < -0.3 is 9.84 Å². The zero-order valence-electron chi connectivity index (χ0n) is 10.8. The Morgan fingerprint density at radius 3 is 2.79 bits per heavy atom. The van der Waals surface area contributed by atoms with Gasteiger partial charge in [-0.1, -0.05) is 6.92 Å². The number of thiazole rings is 1. The monoisotopic (exact) mass is 308 g/mol. The Hall–Kier alpha value is -1.03. The van der Waals surface area contributed by atoms with E-state index >= 15 is 0 Å². The van der Waals surface area contributed by atoms with E-state index in [0.717, 1.165) is 18.4 Å². The molecule has 0 amide bonds. The number of hydrogen-bond acceptors (Lipinski definition) is 7. The van der Waals surface area contributed by atoms with E-state index in [1.54, 1.807) is 6.92 Å². The molecule has 1 unspecified atom stereocenters. The van der Waals surface area contributed by atoms with Crippen LogP contribution in [0, 0.1) is 0 Å². The summed E-state index contributed by atoms with van der Waals surface area (Å²) in [5, 5.41) is 9.78. The van der Waals surface area contributed by atoms with Crippen molar-refractivity contribution in [2.24, 2.45) is 0 Å². The van der Waals surface area contributed by atoms with Gasteiger partial charge in [-0.3, -0.25) is 0 Å². The highest BCUT2D eigenvalue weighted by atomic mass is 32.2. The molecule has 0 aliphatic rings. The minimum absolute atomic E-state index is 0.148. The van der Waals surface area contributed by atoms with Gasteiger partial charge in [0.15, 0.2) is 9.90 Å². The highest BCUT2D eigenvalue weighted by molar-refractivity contribution is 7.91. The van der Waals surface area contributed by atoms with Crippen LogP contribution in [-0.2, 0) is 14.8 Å². The molecule has 2 N–H and O–H groups in total. The van der Waals surface area contributed by atoms with Crippen LogP contribution in [0.3, 0.4) is 0 Å². The predicted molar refractivity (Wildman–Crippen MR) is 69.6 cm³/mol. The molecule has 7 nitrogen and oxygen atoms in total. The molecule has 0 saturated carbocycles. The molecule has 1 atom stereocenters. The molecule has 0 aliphatic heterocycles. The molecular weight excluding hydrogens is 292 g/mol. The molecule has 0 fully saturated rings.